The second-order valence-corrected chi connectivity index (χ2v) is 2.58. The third-order valence-electron chi connectivity index (χ3n) is 1.33. The van der Waals surface area contributed by atoms with Crippen LogP contribution in [0.4, 0.5) is 0 Å². The van der Waals surface area contributed by atoms with E-state index in [1.807, 2.05) is 6.92 Å². The molecule has 0 aromatic rings. The van der Waals surface area contributed by atoms with E-state index in [-0.39, 0.29) is 6.61 Å². The van der Waals surface area contributed by atoms with Gasteiger partial charge in [0.2, 0.25) is 0 Å². The van der Waals surface area contributed by atoms with Crippen molar-refractivity contribution in [2.24, 2.45) is 5.10 Å². The lowest BCUT2D eigenvalue weighted by atomic mass is 10.2. The van der Waals surface area contributed by atoms with Crippen LogP contribution in [0.25, 0.3) is 0 Å². The predicted molar refractivity (Wildman–Crippen MR) is 47.7 cm³/mol. The maximum absolute atomic E-state index is 8.51. The van der Waals surface area contributed by atoms with E-state index in [1.165, 1.54) is 0 Å². The second kappa shape index (κ2) is 7.54. The number of aliphatic hydroxyl groups is 1. The molecule has 66 valence electrons. The van der Waals surface area contributed by atoms with Crippen LogP contribution in [0.15, 0.2) is 5.10 Å². The molecule has 0 radical (unpaired) electrons. The molecule has 0 heterocycles. The maximum Gasteiger partial charge on any atom is 0.0434 e. The zero-order chi connectivity index (χ0) is 8.53. The summed E-state index contributed by atoms with van der Waals surface area (Å²) in [5, 5.41) is 12.6. The summed E-state index contributed by atoms with van der Waals surface area (Å²) in [6.07, 6.45) is 2.78. The van der Waals surface area contributed by atoms with Crippen molar-refractivity contribution >= 4 is 5.71 Å². The lowest BCUT2D eigenvalue weighted by molar-refractivity contribution is 0.291. The van der Waals surface area contributed by atoms with Gasteiger partial charge in [-0.3, -0.25) is 0 Å². The summed E-state index contributed by atoms with van der Waals surface area (Å²) in [6.45, 7) is 5.25. The van der Waals surface area contributed by atoms with Crippen molar-refractivity contribution in [2.45, 2.75) is 33.1 Å². The van der Waals surface area contributed by atoms with Gasteiger partial charge in [-0.1, -0.05) is 6.92 Å². The lowest BCUT2D eigenvalue weighted by Gasteiger charge is -1.99. The van der Waals surface area contributed by atoms with E-state index in [4.69, 9.17) is 5.11 Å². The number of nitrogens with one attached hydrogen (secondary N) is 1. The molecule has 0 aromatic carbocycles. The van der Waals surface area contributed by atoms with Crippen LogP contribution in [0, 0.1) is 0 Å². The predicted octanol–water partition coefficient (Wildman–Crippen LogP) is 1.13. The van der Waals surface area contributed by atoms with Crippen LogP contribution >= 0.6 is 0 Å². The fourth-order valence-electron chi connectivity index (χ4n) is 0.693. The summed E-state index contributed by atoms with van der Waals surface area (Å²) >= 11 is 0. The molecule has 11 heavy (non-hydrogen) atoms. The van der Waals surface area contributed by atoms with Crippen LogP contribution in [0.1, 0.15) is 33.1 Å². The van der Waals surface area contributed by atoms with Gasteiger partial charge in [-0.25, -0.2) is 0 Å². The van der Waals surface area contributed by atoms with Crippen molar-refractivity contribution in [2.75, 3.05) is 13.2 Å². The summed E-state index contributed by atoms with van der Waals surface area (Å²) in [4.78, 5) is 0. The monoisotopic (exact) mass is 158 g/mol. The van der Waals surface area contributed by atoms with Crippen LogP contribution in [-0.4, -0.2) is 24.0 Å². The first-order valence-electron chi connectivity index (χ1n) is 4.18. The Morgan fingerprint density at radius 2 is 2.27 bits per heavy atom. The normalized spacial score (nSPS) is 11.7. The molecule has 3 heteroatoms. The molecule has 0 spiro atoms. The Hall–Kier alpha value is -0.570. The zero-order valence-electron chi connectivity index (χ0n) is 7.43. The van der Waals surface area contributed by atoms with Gasteiger partial charge in [0, 0.05) is 18.9 Å². The van der Waals surface area contributed by atoms with Crippen molar-refractivity contribution < 1.29 is 5.11 Å². The second-order valence-electron chi connectivity index (χ2n) is 2.58. The number of hydrogen-bond donors (Lipinski definition) is 2. The molecule has 0 aliphatic rings. The van der Waals surface area contributed by atoms with Crippen LogP contribution in [-0.2, 0) is 0 Å². The first-order valence-corrected chi connectivity index (χ1v) is 4.18. The first kappa shape index (κ1) is 10.4. The Labute approximate surface area is 68.5 Å². The van der Waals surface area contributed by atoms with Crippen molar-refractivity contribution in [3.63, 3.8) is 0 Å². The summed E-state index contributed by atoms with van der Waals surface area (Å²) in [7, 11) is 0. The molecule has 0 unspecified atom stereocenters. The van der Waals surface area contributed by atoms with Crippen LogP contribution in [0.2, 0.25) is 0 Å². The highest BCUT2D eigenvalue weighted by molar-refractivity contribution is 5.81. The van der Waals surface area contributed by atoms with Gasteiger partial charge < -0.3 is 10.5 Å². The van der Waals surface area contributed by atoms with E-state index >= 15 is 0 Å². The minimum absolute atomic E-state index is 0.251. The number of aliphatic hydroxyl groups excluding tert-OH is 1. The van der Waals surface area contributed by atoms with E-state index in [9.17, 15) is 0 Å². The zero-order valence-corrected chi connectivity index (χ0v) is 7.43. The summed E-state index contributed by atoms with van der Waals surface area (Å²) in [6, 6.07) is 0. The van der Waals surface area contributed by atoms with Gasteiger partial charge in [0.15, 0.2) is 0 Å². The molecule has 0 atom stereocenters. The van der Waals surface area contributed by atoms with E-state index in [2.05, 4.69) is 17.5 Å². The van der Waals surface area contributed by atoms with Crippen LogP contribution in [0.5, 0.6) is 0 Å². The number of hydrogen-bond acceptors (Lipinski definition) is 3. The SMILES string of the molecule is CCCN/N=C(\C)CCCO. The molecule has 0 rings (SSSR count). The van der Waals surface area contributed by atoms with Crippen LogP contribution < -0.4 is 5.43 Å². The van der Waals surface area contributed by atoms with Crippen molar-refractivity contribution in [3.8, 4) is 0 Å². The third kappa shape index (κ3) is 7.33. The summed E-state index contributed by atoms with van der Waals surface area (Å²) in [5.74, 6) is 0. The Balaban J connectivity index is 3.30. The van der Waals surface area contributed by atoms with E-state index in [1.54, 1.807) is 0 Å². The van der Waals surface area contributed by atoms with Gasteiger partial charge in [-0.05, 0) is 26.2 Å². The molecular formula is C8H18N2O. The van der Waals surface area contributed by atoms with E-state index in [0.29, 0.717) is 0 Å². The molecule has 2 N–H and O–H groups in total. The molecule has 0 saturated carbocycles. The minimum Gasteiger partial charge on any atom is -0.396 e. The van der Waals surface area contributed by atoms with Gasteiger partial charge in [0.25, 0.3) is 0 Å². The van der Waals surface area contributed by atoms with E-state index in [0.717, 1.165) is 31.5 Å². The standard InChI is InChI=1S/C8H18N2O/c1-3-6-9-10-8(2)5-4-7-11/h9,11H,3-7H2,1-2H3/b10-8+. The Morgan fingerprint density at radius 1 is 1.55 bits per heavy atom. The highest BCUT2D eigenvalue weighted by Crippen LogP contribution is 1.89. The van der Waals surface area contributed by atoms with Crippen molar-refractivity contribution in [1.82, 2.24) is 5.43 Å². The van der Waals surface area contributed by atoms with Crippen molar-refractivity contribution in [3.05, 3.63) is 0 Å². The number of nitrogens with zero attached hydrogens (tertiary/aromatic N) is 1. The molecule has 0 saturated heterocycles. The maximum atomic E-state index is 8.51. The lowest BCUT2D eigenvalue weighted by Crippen LogP contribution is -2.09. The molecule has 0 amide bonds. The molecule has 0 aromatic heterocycles. The molecular weight excluding hydrogens is 140 g/mol. The Morgan fingerprint density at radius 3 is 2.82 bits per heavy atom. The first-order chi connectivity index (χ1) is 5.31. The highest BCUT2D eigenvalue weighted by Gasteiger charge is 1.89. The quantitative estimate of drug-likeness (QED) is 0.346. The fourth-order valence-corrected chi connectivity index (χ4v) is 0.693. The average Bonchev–Trinajstić information content (AvgIpc) is 2.01. The third-order valence-corrected chi connectivity index (χ3v) is 1.33. The molecule has 3 nitrogen and oxygen atoms in total. The molecule has 0 aliphatic heterocycles. The van der Waals surface area contributed by atoms with Gasteiger partial charge in [0.05, 0.1) is 0 Å². The van der Waals surface area contributed by atoms with Gasteiger partial charge >= 0.3 is 0 Å². The van der Waals surface area contributed by atoms with Gasteiger partial charge in [-0.2, -0.15) is 5.10 Å². The molecule has 0 aliphatic carbocycles. The van der Waals surface area contributed by atoms with Gasteiger partial charge in [-0.15, -0.1) is 0 Å². The van der Waals surface area contributed by atoms with Gasteiger partial charge in [0.1, 0.15) is 0 Å². The smallest absolute Gasteiger partial charge is 0.0434 e. The number of hydrazone groups is 1. The fraction of sp³-hybridized carbons (Fsp3) is 0.875. The highest BCUT2D eigenvalue weighted by atomic mass is 16.2. The Bertz CT molecular complexity index is 113. The molecule has 0 bridgehead atoms. The van der Waals surface area contributed by atoms with Crippen LogP contribution in [0.3, 0.4) is 0 Å². The minimum atomic E-state index is 0.251. The average molecular weight is 158 g/mol. The number of rotatable bonds is 6. The summed E-state index contributed by atoms with van der Waals surface area (Å²) in [5.41, 5.74) is 4.01. The topological polar surface area (TPSA) is 44.6 Å². The largest absolute Gasteiger partial charge is 0.396 e. The summed E-state index contributed by atoms with van der Waals surface area (Å²) < 4.78 is 0. The Kier molecular flexibility index (Phi) is 7.15. The molecule has 0 fully saturated rings. The van der Waals surface area contributed by atoms with Crippen molar-refractivity contribution in [1.29, 1.82) is 0 Å². The van der Waals surface area contributed by atoms with E-state index < -0.39 is 0 Å².